The number of sulfonamides is 1. The second-order valence-electron chi connectivity index (χ2n) is 7.95. The summed E-state index contributed by atoms with van der Waals surface area (Å²) in [5, 5.41) is 0.876. The summed E-state index contributed by atoms with van der Waals surface area (Å²) in [7, 11) is -3.60. The molecule has 0 radical (unpaired) electrons. The fraction of sp³-hybridized carbons (Fsp3) is 0.381. The molecule has 1 atom stereocenters. The van der Waals surface area contributed by atoms with Crippen LogP contribution < -0.4 is 9.80 Å². The number of carbonyl (C=O) groups excluding carboxylic acids is 1. The first-order chi connectivity index (χ1) is 14.8. The van der Waals surface area contributed by atoms with Gasteiger partial charge >= 0.3 is 0 Å². The van der Waals surface area contributed by atoms with E-state index in [2.05, 4.69) is 14.9 Å². The monoisotopic (exact) mass is 457 g/mol. The Balaban J connectivity index is 1.33. The van der Waals surface area contributed by atoms with Gasteiger partial charge in [-0.15, -0.1) is 0 Å². The van der Waals surface area contributed by atoms with E-state index in [1.807, 2.05) is 19.1 Å². The zero-order valence-corrected chi connectivity index (χ0v) is 19.0. The van der Waals surface area contributed by atoms with Crippen molar-refractivity contribution < 1.29 is 13.2 Å². The molecule has 31 heavy (non-hydrogen) atoms. The van der Waals surface area contributed by atoms with Crippen LogP contribution in [0, 0.1) is 0 Å². The Morgan fingerprint density at radius 1 is 1.16 bits per heavy atom. The van der Waals surface area contributed by atoms with Crippen LogP contribution in [0.3, 0.4) is 0 Å². The van der Waals surface area contributed by atoms with Crippen LogP contribution in [-0.2, 0) is 21.2 Å². The molecule has 1 aromatic carbocycles. The maximum absolute atomic E-state index is 13.3. The van der Waals surface area contributed by atoms with Crippen LogP contribution in [0.4, 0.5) is 10.8 Å². The molecule has 1 saturated heterocycles. The van der Waals surface area contributed by atoms with Crippen molar-refractivity contribution in [3.8, 4) is 0 Å². The number of anilines is 2. The number of thiazole rings is 1. The molecule has 2 aliphatic rings. The van der Waals surface area contributed by atoms with E-state index in [9.17, 15) is 13.2 Å². The second kappa shape index (κ2) is 7.54. The van der Waals surface area contributed by atoms with Crippen LogP contribution in [0.2, 0.25) is 0 Å². The molecule has 1 fully saturated rings. The van der Waals surface area contributed by atoms with E-state index in [1.165, 1.54) is 22.6 Å². The number of pyridine rings is 1. The quantitative estimate of drug-likeness (QED) is 0.601. The molecular weight excluding hydrogens is 434 g/mol. The van der Waals surface area contributed by atoms with E-state index >= 15 is 0 Å². The molecule has 5 rings (SSSR count). The first-order valence-corrected chi connectivity index (χ1v) is 12.5. The maximum Gasteiger partial charge on any atom is 0.243 e. The predicted molar refractivity (Wildman–Crippen MR) is 121 cm³/mol. The predicted octanol–water partition coefficient (Wildman–Crippen LogP) is 2.50. The fourth-order valence-corrected chi connectivity index (χ4v) is 6.84. The molecule has 8 nitrogen and oxygen atoms in total. The van der Waals surface area contributed by atoms with Gasteiger partial charge in [0, 0.05) is 51.0 Å². The number of fused-ring (bicyclic) bond motifs is 2. The molecule has 0 unspecified atom stereocenters. The van der Waals surface area contributed by atoms with E-state index < -0.39 is 10.0 Å². The van der Waals surface area contributed by atoms with Gasteiger partial charge in [0.05, 0.1) is 4.90 Å². The molecule has 2 aliphatic heterocycles. The molecular formula is C21H23N5O3S2. The highest BCUT2D eigenvalue weighted by Crippen LogP contribution is 2.35. The van der Waals surface area contributed by atoms with Gasteiger partial charge in [-0.2, -0.15) is 4.31 Å². The van der Waals surface area contributed by atoms with Crippen LogP contribution >= 0.6 is 11.3 Å². The lowest BCUT2D eigenvalue weighted by Crippen LogP contribution is -2.48. The summed E-state index contributed by atoms with van der Waals surface area (Å²) in [6.07, 6.45) is 2.42. The first kappa shape index (κ1) is 20.3. The molecule has 4 heterocycles. The summed E-state index contributed by atoms with van der Waals surface area (Å²) in [5.74, 6) is -0.0250. The van der Waals surface area contributed by atoms with E-state index in [4.69, 9.17) is 0 Å². The van der Waals surface area contributed by atoms with Crippen molar-refractivity contribution in [1.82, 2.24) is 14.3 Å². The minimum absolute atomic E-state index is 0.0250. The highest BCUT2D eigenvalue weighted by Gasteiger charge is 2.33. The van der Waals surface area contributed by atoms with Crippen molar-refractivity contribution in [2.24, 2.45) is 0 Å². The van der Waals surface area contributed by atoms with Crippen LogP contribution in [0.5, 0.6) is 0 Å². The molecule has 162 valence electrons. The average molecular weight is 458 g/mol. The fourth-order valence-electron chi connectivity index (χ4n) is 4.41. The molecule has 0 aliphatic carbocycles. The van der Waals surface area contributed by atoms with E-state index in [1.54, 1.807) is 29.3 Å². The second-order valence-corrected chi connectivity index (χ2v) is 10.8. The van der Waals surface area contributed by atoms with Gasteiger partial charge in [0.25, 0.3) is 0 Å². The highest BCUT2D eigenvalue weighted by molar-refractivity contribution is 7.89. The number of amides is 1. The maximum atomic E-state index is 13.3. The van der Waals surface area contributed by atoms with Gasteiger partial charge in [-0.25, -0.2) is 18.4 Å². The normalized spacial score (nSPS) is 19.7. The number of benzene rings is 1. The minimum Gasteiger partial charge on any atom is -0.345 e. The molecule has 2 aromatic heterocycles. The molecule has 0 spiro atoms. The largest absolute Gasteiger partial charge is 0.345 e. The smallest absolute Gasteiger partial charge is 0.243 e. The number of piperazine rings is 1. The number of hydrogen-bond acceptors (Lipinski definition) is 7. The highest BCUT2D eigenvalue weighted by atomic mass is 32.2. The van der Waals surface area contributed by atoms with Crippen molar-refractivity contribution >= 4 is 48.4 Å². The Hall–Kier alpha value is -2.56. The van der Waals surface area contributed by atoms with Crippen LogP contribution in [0.1, 0.15) is 19.4 Å². The summed E-state index contributed by atoms with van der Waals surface area (Å²) in [6.45, 7) is 5.49. The SMILES string of the molecule is CC(=O)N1c2ccc(S(=O)(=O)N3CCN(c4nc5cccnc5s4)CC3)cc2C[C@@H]1C. The molecule has 3 aromatic rings. The van der Waals surface area contributed by atoms with Crippen LogP contribution in [0.15, 0.2) is 41.4 Å². The third-order valence-corrected chi connectivity index (χ3v) is 8.84. The third kappa shape index (κ3) is 3.48. The van der Waals surface area contributed by atoms with Crippen LogP contribution in [-0.4, -0.2) is 60.8 Å². The molecule has 1 amide bonds. The van der Waals surface area contributed by atoms with Gasteiger partial charge < -0.3 is 9.80 Å². The third-order valence-electron chi connectivity index (χ3n) is 5.91. The van der Waals surface area contributed by atoms with Crippen molar-refractivity contribution in [2.75, 3.05) is 36.0 Å². The standard InChI is InChI=1S/C21H23N5O3S2/c1-14-12-16-13-17(5-6-19(16)26(14)15(2)27)31(28,29)25-10-8-24(9-11-25)21-23-18-4-3-7-22-20(18)30-21/h3-7,13-14H,8-12H2,1-2H3/t14-/m0/s1. The topological polar surface area (TPSA) is 86.7 Å². The van der Waals surface area contributed by atoms with Gasteiger partial charge in [0.1, 0.15) is 10.3 Å². The number of aromatic nitrogens is 2. The summed E-state index contributed by atoms with van der Waals surface area (Å²) >= 11 is 1.53. The number of hydrogen-bond donors (Lipinski definition) is 0. The van der Waals surface area contributed by atoms with E-state index in [-0.39, 0.29) is 11.9 Å². The summed E-state index contributed by atoms with van der Waals surface area (Å²) < 4.78 is 28.1. The van der Waals surface area contributed by atoms with Crippen molar-refractivity contribution in [3.05, 3.63) is 42.1 Å². The molecule has 0 saturated carbocycles. The first-order valence-electron chi connectivity index (χ1n) is 10.2. The van der Waals surface area contributed by atoms with Gasteiger partial charge in [0.2, 0.25) is 15.9 Å². The Kier molecular flexibility index (Phi) is 4.95. The molecule has 0 bridgehead atoms. The summed E-state index contributed by atoms with van der Waals surface area (Å²) in [5.41, 5.74) is 2.59. The lowest BCUT2D eigenvalue weighted by atomic mass is 10.1. The zero-order chi connectivity index (χ0) is 21.8. The van der Waals surface area contributed by atoms with Gasteiger partial charge in [-0.05, 0) is 49.2 Å². The molecule has 0 N–H and O–H groups in total. The molecule has 10 heteroatoms. The van der Waals surface area contributed by atoms with Gasteiger partial charge in [0.15, 0.2) is 5.13 Å². The summed E-state index contributed by atoms with van der Waals surface area (Å²) in [6, 6.07) is 8.95. The Morgan fingerprint density at radius 2 is 1.94 bits per heavy atom. The van der Waals surface area contributed by atoms with E-state index in [0.717, 1.165) is 26.7 Å². The van der Waals surface area contributed by atoms with Crippen molar-refractivity contribution in [3.63, 3.8) is 0 Å². The Bertz CT molecular complexity index is 1230. The Labute approximate surface area is 185 Å². The summed E-state index contributed by atoms with van der Waals surface area (Å²) in [4.78, 5) is 25.9. The number of rotatable bonds is 3. The zero-order valence-electron chi connectivity index (χ0n) is 17.4. The van der Waals surface area contributed by atoms with Crippen molar-refractivity contribution in [2.45, 2.75) is 31.2 Å². The lowest BCUT2D eigenvalue weighted by Gasteiger charge is -2.33. The number of nitrogens with zero attached hydrogens (tertiary/aromatic N) is 5. The van der Waals surface area contributed by atoms with Crippen molar-refractivity contribution in [1.29, 1.82) is 0 Å². The van der Waals surface area contributed by atoms with Gasteiger partial charge in [-0.1, -0.05) is 11.3 Å². The van der Waals surface area contributed by atoms with Crippen LogP contribution in [0.25, 0.3) is 10.3 Å². The average Bonchev–Trinajstić information content (AvgIpc) is 3.33. The van der Waals surface area contributed by atoms with Gasteiger partial charge in [-0.3, -0.25) is 4.79 Å². The minimum atomic E-state index is -3.60. The Morgan fingerprint density at radius 3 is 2.65 bits per heavy atom. The lowest BCUT2D eigenvalue weighted by molar-refractivity contribution is -0.116. The number of carbonyl (C=O) groups is 1. The van der Waals surface area contributed by atoms with E-state index in [0.29, 0.717) is 37.5 Å².